The van der Waals surface area contributed by atoms with E-state index in [2.05, 4.69) is 24.4 Å². The van der Waals surface area contributed by atoms with Crippen LogP contribution in [0.15, 0.2) is 12.2 Å². The summed E-state index contributed by atoms with van der Waals surface area (Å²) < 4.78 is 0. The first kappa shape index (κ1) is 25.6. The molecule has 0 rings (SSSR count). The molecule has 5 heteroatoms. The molecule has 0 aromatic carbocycles. The Morgan fingerprint density at radius 1 is 0.889 bits per heavy atom. The maximum atomic E-state index is 11.8. The molecule has 0 fully saturated rings. The lowest BCUT2D eigenvalue weighted by atomic mass is 10.1. The predicted molar refractivity (Wildman–Crippen MR) is 113 cm³/mol. The number of nitrogens with two attached hydrogens (primary N) is 1. The van der Waals surface area contributed by atoms with Gasteiger partial charge >= 0.3 is 5.97 Å². The SMILES string of the molecule is CCCCCCC/C=C\CCCCCCCC(=O)N[C@@H](CCCN)C(=O)O. The molecule has 0 saturated carbocycles. The van der Waals surface area contributed by atoms with Crippen molar-refractivity contribution in [2.75, 3.05) is 6.54 Å². The summed E-state index contributed by atoms with van der Waals surface area (Å²) in [4.78, 5) is 22.9. The molecule has 158 valence electrons. The largest absolute Gasteiger partial charge is 0.480 e. The fraction of sp³-hybridized carbons (Fsp3) is 0.818. The van der Waals surface area contributed by atoms with Crippen molar-refractivity contribution in [2.45, 2.75) is 109 Å². The topological polar surface area (TPSA) is 92.4 Å². The zero-order chi connectivity index (χ0) is 20.2. The number of hydrogen-bond acceptors (Lipinski definition) is 3. The molecule has 1 amide bonds. The van der Waals surface area contributed by atoms with Crippen LogP contribution < -0.4 is 11.1 Å². The van der Waals surface area contributed by atoms with Gasteiger partial charge in [-0.2, -0.15) is 0 Å². The maximum absolute atomic E-state index is 11.8. The smallest absolute Gasteiger partial charge is 0.326 e. The van der Waals surface area contributed by atoms with Crippen LogP contribution in [0.5, 0.6) is 0 Å². The number of rotatable bonds is 19. The third kappa shape index (κ3) is 17.8. The first-order valence-corrected chi connectivity index (χ1v) is 11.0. The van der Waals surface area contributed by atoms with Gasteiger partial charge in [-0.05, 0) is 51.5 Å². The van der Waals surface area contributed by atoms with Gasteiger partial charge in [-0.15, -0.1) is 0 Å². The van der Waals surface area contributed by atoms with E-state index in [1.165, 1.54) is 51.4 Å². The molecule has 0 aromatic rings. The minimum atomic E-state index is -0.981. The lowest BCUT2D eigenvalue weighted by Gasteiger charge is -2.13. The van der Waals surface area contributed by atoms with E-state index in [0.29, 0.717) is 25.8 Å². The van der Waals surface area contributed by atoms with Crippen molar-refractivity contribution >= 4 is 11.9 Å². The Labute approximate surface area is 166 Å². The van der Waals surface area contributed by atoms with Gasteiger partial charge in [0.25, 0.3) is 0 Å². The van der Waals surface area contributed by atoms with Gasteiger partial charge in [0.2, 0.25) is 5.91 Å². The highest BCUT2D eigenvalue weighted by atomic mass is 16.4. The Morgan fingerprint density at radius 3 is 2.00 bits per heavy atom. The van der Waals surface area contributed by atoms with E-state index in [1.54, 1.807) is 0 Å². The zero-order valence-corrected chi connectivity index (χ0v) is 17.4. The summed E-state index contributed by atoms with van der Waals surface area (Å²) in [6.45, 7) is 2.68. The molecule has 0 aliphatic heterocycles. The summed E-state index contributed by atoms with van der Waals surface area (Å²) in [7, 11) is 0. The van der Waals surface area contributed by atoms with Gasteiger partial charge in [0.1, 0.15) is 6.04 Å². The van der Waals surface area contributed by atoms with Crippen molar-refractivity contribution in [3.63, 3.8) is 0 Å². The summed E-state index contributed by atoms with van der Waals surface area (Å²) in [6.07, 6.45) is 20.5. The number of unbranched alkanes of at least 4 members (excludes halogenated alkanes) is 10. The molecule has 0 spiro atoms. The van der Waals surface area contributed by atoms with Crippen molar-refractivity contribution in [1.29, 1.82) is 0 Å². The van der Waals surface area contributed by atoms with E-state index in [1.807, 2.05) is 0 Å². The molecule has 0 unspecified atom stereocenters. The first-order chi connectivity index (χ1) is 13.1. The fourth-order valence-corrected chi connectivity index (χ4v) is 3.03. The van der Waals surface area contributed by atoms with Crippen molar-refractivity contribution in [3.8, 4) is 0 Å². The van der Waals surface area contributed by atoms with E-state index in [0.717, 1.165) is 25.7 Å². The van der Waals surface area contributed by atoms with E-state index in [4.69, 9.17) is 10.8 Å². The van der Waals surface area contributed by atoms with Crippen LogP contribution >= 0.6 is 0 Å². The summed E-state index contributed by atoms with van der Waals surface area (Å²) in [6, 6.07) is -0.806. The molecule has 0 aliphatic carbocycles. The van der Waals surface area contributed by atoms with Crippen LogP contribution in [-0.4, -0.2) is 29.6 Å². The summed E-state index contributed by atoms with van der Waals surface area (Å²) in [5.41, 5.74) is 5.39. The highest BCUT2D eigenvalue weighted by molar-refractivity contribution is 5.83. The fourth-order valence-electron chi connectivity index (χ4n) is 3.03. The molecule has 27 heavy (non-hydrogen) atoms. The normalized spacial score (nSPS) is 12.4. The number of carboxylic acids is 1. The van der Waals surface area contributed by atoms with Crippen molar-refractivity contribution in [3.05, 3.63) is 12.2 Å². The molecule has 4 N–H and O–H groups in total. The Morgan fingerprint density at radius 2 is 1.44 bits per heavy atom. The Hall–Kier alpha value is -1.36. The summed E-state index contributed by atoms with van der Waals surface area (Å²) in [5.74, 6) is -1.15. The van der Waals surface area contributed by atoms with Crippen LogP contribution in [0.2, 0.25) is 0 Å². The minimum absolute atomic E-state index is 0.165. The third-order valence-corrected chi connectivity index (χ3v) is 4.75. The van der Waals surface area contributed by atoms with Gasteiger partial charge in [0.15, 0.2) is 0 Å². The first-order valence-electron chi connectivity index (χ1n) is 11.0. The highest BCUT2D eigenvalue weighted by Gasteiger charge is 2.18. The standard InChI is InChI=1S/C22H42N2O3/c1-2-3-4-5-6-7-8-9-10-11-12-13-14-15-18-21(25)24-20(22(26)27)17-16-19-23/h8-9,20H,2-7,10-19,23H2,1H3,(H,24,25)(H,26,27)/b9-8-/t20-/m0/s1. The molecule has 0 aliphatic rings. The third-order valence-electron chi connectivity index (χ3n) is 4.75. The number of nitrogens with one attached hydrogen (secondary N) is 1. The second-order valence-electron chi connectivity index (χ2n) is 7.37. The number of carbonyl (C=O) groups is 2. The van der Waals surface area contributed by atoms with Crippen LogP contribution in [-0.2, 0) is 9.59 Å². The molecule has 0 saturated heterocycles. The van der Waals surface area contributed by atoms with Gasteiger partial charge < -0.3 is 16.2 Å². The number of hydrogen-bond donors (Lipinski definition) is 3. The highest BCUT2D eigenvalue weighted by Crippen LogP contribution is 2.09. The van der Waals surface area contributed by atoms with Crippen LogP contribution in [0, 0.1) is 0 Å². The average molecular weight is 383 g/mol. The zero-order valence-electron chi connectivity index (χ0n) is 17.4. The maximum Gasteiger partial charge on any atom is 0.326 e. The molecule has 0 radical (unpaired) electrons. The minimum Gasteiger partial charge on any atom is -0.480 e. The van der Waals surface area contributed by atoms with Crippen molar-refractivity contribution < 1.29 is 14.7 Å². The lowest BCUT2D eigenvalue weighted by Crippen LogP contribution is -2.40. The van der Waals surface area contributed by atoms with Gasteiger partial charge in [0.05, 0.1) is 0 Å². The lowest BCUT2D eigenvalue weighted by molar-refractivity contribution is -0.142. The van der Waals surface area contributed by atoms with E-state index < -0.39 is 12.0 Å². The van der Waals surface area contributed by atoms with Crippen molar-refractivity contribution in [1.82, 2.24) is 5.32 Å². The predicted octanol–water partition coefficient (Wildman–Crippen LogP) is 4.94. The van der Waals surface area contributed by atoms with Crippen LogP contribution in [0.25, 0.3) is 0 Å². The van der Waals surface area contributed by atoms with Gasteiger partial charge in [-0.1, -0.05) is 64.0 Å². The van der Waals surface area contributed by atoms with E-state index in [-0.39, 0.29) is 5.91 Å². The van der Waals surface area contributed by atoms with E-state index in [9.17, 15) is 9.59 Å². The van der Waals surface area contributed by atoms with E-state index >= 15 is 0 Å². The van der Waals surface area contributed by atoms with Gasteiger partial charge in [-0.3, -0.25) is 4.79 Å². The average Bonchev–Trinajstić information content (AvgIpc) is 2.65. The summed E-state index contributed by atoms with van der Waals surface area (Å²) >= 11 is 0. The second kappa shape index (κ2) is 19.4. The number of carbonyl (C=O) groups excluding carboxylic acids is 1. The Kier molecular flexibility index (Phi) is 18.4. The molecule has 5 nitrogen and oxygen atoms in total. The number of amides is 1. The number of aliphatic carboxylic acids is 1. The van der Waals surface area contributed by atoms with Crippen LogP contribution in [0.1, 0.15) is 103 Å². The number of carboxylic acid groups (broad SMARTS) is 1. The molecule has 0 heterocycles. The van der Waals surface area contributed by atoms with Gasteiger partial charge in [-0.25, -0.2) is 4.79 Å². The van der Waals surface area contributed by atoms with Crippen LogP contribution in [0.3, 0.4) is 0 Å². The molecule has 0 bridgehead atoms. The number of allylic oxidation sites excluding steroid dienone is 2. The molecular weight excluding hydrogens is 340 g/mol. The quantitative estimate of drug-likeness (QED) is 0.218. The summed E-state index contributed by atoms with van der Waals surface area (Å²) in [5, 5.41) is 11.7. The monoisotopic (exact) mass is 382 g/mol. The van der Waals surface area contributed by atoms with Crippen LogP contribution in [0.4, 0.5) is 0 Å². The molecule has 1 atom stereocenters. The van der Waals surface area contributed by atoms with Crippen molar-refractivity contribution in [2.24, 2.45) is 5.73 Å². The van der Waals surface area contributed by atoms with Gasteiger partial charge in [0, 0.05) is 6.42 Å². The second-order valence-corrected chi connectivity index (χ2v) is 7.37. The Bertz CT molecular complexity index is 397. The molecule has 0 aromatic heterocycles. The Balaban J connectivity index is 3.49. The molecular formula is C22H42N2O3.